The number of amides is 1. The first-order valence-electron chi connectivity index (χ1n) is 6.78. The average Bonchev–Trinajstić information content (AvgIpc) is 2.36. The molecule has 0 saturated heterocycles. The molecule has 1 aromatic rings. The molecule has 0 bridgehead atoms. The van der Waals surface area contributed by atoms with Gasteiger partial charge in [-0.05, 0) is 38.8 Å². The van der Waals surface area contributed by atoms with Crippen LogP contribution in [0.15, 0.2) is 18.2 Å². The predicted molar refractivity (Wildman–Crippen MR) is 78.3 cm³/mol. The predicted octanol–water partition coefficient (Wildman–Crippen LogP) is 2.98. The summed E-state index contributed by atoms with van der Waals surface area (Å²) in [5.74, 6) is 0. The van der Waals surface area contributed by atoms with E-state index < -0.39 is 16.6 Å². The number of ether oxygens (including phenoxy) is 1. The number of carbonyl (C=O) groups is 1. The van der Waals surface area contributed by atoms with Crippen molar-refractivity contribution < 1.29 is 14.5 Å². The third kappa shape index (κ3) is 3.84. The van der Waals surface area contributed by atoms with Crippen LogP contribution in [0.4, 0.5) is 16.2 Å². The van der Waals surface area contributed by atoms with Gasteiger partial charge in [0.2, 0.25) is 0 Å². The second-order valence-corrected chi connectivity index (χ2v) is 5.94. The minimum absolute atomic E-state index is 0.0270. The largest absolute Gasteiger partial charge is 0.444 e. The Bertz CT molecular complexity index is 566. The van der Waals surface area contributed by atoms with Gasteiger partial charge >= 0.3 is 6.09 Å². The zero-order valence-corrected chi connectivity index (χ0v) is 12.3. The van der Waals surface area contributed by atoms with Gasteiger partial charge in [-0.15, -0.1) is 0 Å². The van der Waals surface area contributed by atoms with Crippen molar-refractivity contribution in [1.29, 1.82) is 0 Å². The molecular weight excluding hydrogens is 274 g/mol. The number of carbonyl (C=O) groups excluding carboxylic acids is 1. The number of anilines is 1. The topological polar surface area (TPSA) is 93.5 Å². The molecular formula is C14H19N3O4. The van der Waals surface area contributed by atoms with Crippen LogP contribution in [0.2, 0.25) is 0 Å². The lowest BCUT2D eigenvalue weighted by Crippen LogP contribution is -2.37. The summed E-state index contributed by atoms with van der Waals surface area (Å²) in [7, 11) is 0. The summed E-state index contributed by atoms with van der Waals surface area (Å²) in [6.07, 6.45) is 0.211. The summed E-state index contributed by atoms with van der Waals surface area (Å²) < 4.78 is 5.24. The highest BCUT2D eigenvalue weighted by Crippen LogP contribution is 2.32. The number of benzene rings is 1. The quantitative estimate of drug-likeness (QED) is 0.646. The van der Waals surface area contributed by atoms with Gasteiger partial charge in [-0.25, -0.2) is 4.79 Å². The molecule has 1 atom stereocenters. The molecule has 114 valence electrons. The monoisotopic (exact) mass is 293 g/mol. The van der Waals surface area contributed by atoms with Crippen LogP contribution in [0.3, 0.4) is 0 Å². The van der Waals surface area contributed by atoms with Gasteiger partial charge in [0.25, 0.3) is 5.69 Å². The molecule has 7 heteroatoms. The van der Waals surface area contributed by atoms with Gasteiger partial charge in [-0.2, -0.15) is 0 Å². The van der Waals surface area contributed by atoms with E-state index in [1.807, 2.05) is 0 Å². The number of hydrogen-bond donors (Lipinski definition) is 2. The van der Waals surface area contributed by atoms with E-state index in [4.69, 9.17) is 4.74 Å². The van der Waals surface area contributed by atoms with Crippen LogP contribution in [0.25, 0.3) is 0 Å². The summed E-state index contributed by atoms with van der Waals surface area (Å²) in [6, 6.07) is 4.38. The Morgan fingerprint density at radius 1 is 1.48 bits per heavy atom. The van der Waals surface area contributed by atoms with Crippen molar-refractivity contribution in [1.82, 2.24) is 5.32 Å². The van der Waals surface area contributed by atoms with E-state index in [0.717, 1.165) is 5.56 Å². The van der Waals surface area contributed by atoms with E-state index in [9.17, 15) is 14.9 Å². The van der Waals surface area contributed by atoms with Crippen LogP contribution >= 0.6 is 0 Å². The van der Waals surface area contributed by atoms with Gasteiger partial charge in [0.1, 0.15) is 5.60 Å². The van der Waals surface area contributed by atoms with E-state index in [-0.39, 0.29) is 11.7 Å². The Labute approximate surface area is 122 Å². The van der Waals surface area contributed by atoms with E-state index in [2.05, 4.69) is 10.6 Å². The maximum atomic E-state index is 11.8. The van der Waals surface area contributed by atoms with Crippen molar-refractivity contribution in [3.05, 3.63) is 33.9 Å². The molecule has 0 spiro atoms. The number of nitrogens with one attached hydrogen (secondary N) is 2. The van der Waals surface area contributed by atoms with Crippen molar-refractivity contribution in [2.24, 2.45) is 0 Å². The maximum absolute atomic E-state index is 11.8. The lowest BCUT2D eigenvalue weighted by atomic mass is 9.97. The molecule has 1 aromatic carbocycles. The number of non-ortho nitro benzene ring substituents is 1. The van der Waals surface area contributed by atoms with Crippen LogP contribution in [0, 0.1) is 10.1 Å². The molecule has 0 unspecified atom stereocenters. The molecule has 2 rings (SSSR count). The fourth-order valence-corrected chi connectivity index (χ4v) is 2.22. The first kappa shape index (κ1) is 15.1. The van der Waals surface area contributed by atoms with Crippen LogP contribution < -0.4 is 10.6 Å². The first-order chi connectivity index (χ1) is 9.76. The second kappa shape index (κ2) is 5.59. The summed E-state index contributed by atoms with van der Waals surface area (Å²) in [5.41, 5.74) is 0.975. The zero-order chi connectivity index (χ0) is 15.6. The van der Waals surface area contributed by atoms with E-state index >= 15 is 0 Å². The molecule has 1 aliphatic heterocycles. The number of fused-ring (bicyclic) bond motifs is 1. The number of hydrogen-bond acceptors (Lipinski definition) is 5. The Balaban J connectivity index is 2.15. The number of rotatable bonds is 2. The lowest BCUT2D eigenvalue weighted by molar-refractivity contribution is -0.384. The van der Waals surface area contributed by atoms with Crippen LogP contribution in [-0.2, 0) is 4.74 Å². The maximum Gasteiger partial charge on any atom is 0.408 e. The molecule has 1 heterocycles. The Morgan fingerprint density at radius 2 is 2.19 bits per heavy atom. The molecule has 1 amide bonds. The molecule has 0 aliphatic carbocycles. The van der Waals surface area contributed by atoms with E-state index in [1.54, 1.807) is 26.8 Å². The summed E-state index contributed by atoms with van der Waals surface area (Å²) in [4.78, 5) is 22.2. The molecule has 2 N–H and O–H groups in total. The SMILES string of the molecule is CC(C)(C)OC(=O)N[C@H]1CCNc2cc([N+](=O)[O-])ccc21. The van der Waals surface area contributed by atoms with Crippen molar-refractivity contribution in [3.8, 4) is 0 Å². The van der Waals surface area contributed by atoms with Crippen LogP contribution in [-0.4, -0.2) is 23.2 Å². The third-order valence-electron chi connectivity index (χ3n) is 3.06. The summed E-state index contributed by atoms with van der Waals surface area (Å²) in [5, 5.41) is 16.7. The Kier molecular flexibility index (Phi) is 4.02. The second-order valence-electron chi connectivity index (χ2n) is 5.94. The minimum Gasteiger partial charge on any atom is -0.444 e. The Hall–Kier alpha value is -2.31. The standard InChI is InChI=1S/C14H19N3O4/c1-14(2,3)21-13(18)16-11-6-7-15-12-8-9(17(19)20)4-5-10(11)12/h4-5,8,11,15H,6-7H2,1-3H3,(H,16,18)/t11-/m0/s1. The summed E-state index contributed by atoms with van der Waals surface area (Å²) >= 11 is 0. The van der Waals surface area contributed by atoms with Crippen molar-refractivity contribution in [3.63, 3.8) is 0 Å². The van der Waals surface area contributed by atoms with Gasteiger partial charge in [0.15, 0.2) is 0 Å². The number of alkyl carbamates (subject to hydrolysis) is 1. The van der Waals surface area contributed by atoms with Gasteiger partial charge in [-0.1, -0.05) is 0 Å². The van der Waals surface area contributed by atoms with Crippen molar-refractivity contribution >= 4 is 17.5 Å². The summed E-state index contributed by atoms with van der Waals surface area (Å²) in [6.45, 7) is 6.03. The third-order valence-corrected chi connectivity index (χ3v) is 3.06. The highest BCUT2D eigenvalue weighted by Gasteiger charge is 2.25. The normalized spacial score (nSPS) is 17.4. The fourth-order valence-electron chi connectivity index (χ4n) is 2.22. The highest BCUT2D eigenvalue weighted by atomic mass is 16.6. The molecule has 0 radical (unpaired) electrons. The molecule has 0 fully saturated rings. The van der Waals surface area contributed by atoms with Crippen LogP contribution in [0.1, 0.15) is 38.8 Å². The van der Waals surface area contributed by atoms with E-state index in [1.165, 1.54) is 12.1 Å². The zero-order valence-electron chi connectivity index (χ0n) is 12.3. The lowest BCUT2D eigenvalue weighted by Gasteiger charge is -2.28. The van der Waals surface area contributed by atoms with Gasteiger partial charge < -0.3 is 15.4 Å². The van der Waals surface area contributed by atoms with Crippen molar-refractivity contribution in [2.45, 2.75) is 38.8 Å². The highest BCUT2D eigenvalue weighted by molar-refractivity contribution is 5.70. The smallest absolute Gasteiger partial charge is 0.408 e. The number of nitro groups is 1. The molecule has 21 heavy (non-hydrogen) atoms. The molecule has 0 saturated carbocycles. The Morgan fingerprint density at radius 3 is 2.81 bits per heavy atom. The molecule has 0 aromatic heterocycles. The van der Waals surface area contributed by atoms with Gasteiger partial charge in [0.05, 0.1) is 11.0 Å². The first-order valence-corrected chi connectivity index (χ1v) is 6.78. The van der Waals surface area contributed by atoms with Gasteiger partial charge in [0, 0.05) is 24.4 Å². The number of nitrogens with zero attached hydrogens (tertiary/aromatic N) is 1. The molecule has 7 nitrogen and oxygen atoms in total. The van der Waals surface area contributed by atoms with E-state index in [0.29, 0.717) is 18.7 Å². The fraction of sp³-hybridized carbons (Fsp3) is 0.500. The minimum atomic E-state index is -0.560. The van der Waals surface area contributed by atoms with Crippen LogP contribution in [0.5, 0.6) is 0 Å². The number of nitro benzene ring substituents is 1. The molecule has 1 aliphatic rings. The average molecular weight is 293 g/mol. The van der Waals surface area contributed by atoms with Crippen molar-refractivity contribution in [2.75, 3.05) is 11.9 Å². The van der Waals surface area contributed by atoms with Gasteiger partial charge in [-0.3, -0.25) is 10.1 Å².